The van der Waals surface area contributed by atoms with E-state index in [1.807, 2.05) is 13.8 Å². The fraction of sp³-hybridized carbons (Fsp3) is 0.643. The van der Waals surface area contributed by atoms with Crippen molar-refractivity contribution in [3.8, 4) is 0 Å². The quantitative estimate of drug-likeness (QED) is 0.756. The maximum atomic E-state index is 12.5. The van der Waals surface area contributed by atoms with E-state index in [-0.39, 0.29) is 5.41 Å². The predicted octanol–water partition coefficient (Wildman–Crippen LogP) is 3.70. The molecule has 0 atom stereocenters. The van der Waals surface area contributed by atoms with Gasteiger partial charge in [0.05, 0.1) is 5.69 Å². The van der Waals surface area contributed by atoms with Crippen LogP contribution in [0.4, 0.5) is 0 Å². The number of aromatic nitrogens is 1. The topological polar surface area (TPSA) is 32.9 Å². The summed E-state index contributed by atoms with van der Waals surface area (Å²) in [6, 6.07) is 0. The Balaban J connectivity index is 2.37. The molecule has 0 amide bonds. The molecule has 0 saturated heterocycles. The lowest BCUT2D eigenvalue weighted by Crippen LogP contribution is -2.25. The van der Waals surface area contributed by atoms with E-state index in [1.54, 1.807) is 0 Å². The molecule has 2 heteroatoms. The number of Topliss-reactive ketones (excluding diaryl/α,β-unsaturated/α-hetero) is 1. The number of hydrogen-bond acceptors (Lipinski definition) is 1. The monoisotopic (exact) mass is 219 g/mol. The lowest BCUT2D eigenvalue weighted by molar-refractivity contribution is 0.0817. The minimum absolute atomic E-state index is 0.117. The van der Waals surface area contributed by atoms with Crippen LogP contribution in [0.2, 0.25) is 0 Å². The molecule has 1 aromatic heterocycles. The first-order valence-corrected chi connectivity index (χ1v) is 6.16. The summed E-state index contributed by atoms with van der Waals surface area (Å²) in [5, 5.41) is 0. The summed E-state index contributed by atoms with van der Waals surface area (Å²) in [4.78, 5) is 15.8. The Labute approximate surface area is 97.4 Å². The smallest absolute Gasteiger partial charge is 0.185 e. The van der Waals surface area contributed by atoms with Crippen LogP contribution < -0.4 is 0 Å². The Morgan fingerprint density at radius 1 is 1.12 bits per heavy atom. The van der Waals surface area contributed by atoms with Crippen LogP contribution in [0, 0.1) is 26.2 Å². The molecule has 2 nitrogen and oxygen atoms in total. The molecule has 0 bridgehead atoms. The first-order valence-electron chi connectivity index (χ1n) is 6.16. The number of carbonyl (C=O) groups excluding carboxylic acids is 1. The fourth-order valence-electron chi connectivity index (χ4n) is 2.75. The van der Waals surface area contributed by atoms with Crippen LogP contribution >= 0.6 is 0 Å². The number of carbonyl (C=O) groups is 1. The molecule has 2 rings (SSSR count). The molecule has 1 N–H and O–H groups in total. The van der Waals surface area contributed by atoms with Crippen molar-refractivity contribution >= 4 is 5.78 Å². The lowest BCUT2D eigenvalue weighted by atomic mass is 9.82. The van der Waals surface area contributed by atoms with Crippen molar-refractivity contribution in [2.24, 2.45) is 5.41 Å². The third-order valence-electron chi connectivity index (χ3n) is 4.29. The molecule has 0 radical (unpaired) electrons. The number of hydrogen-bond donors (Lipinski definition) is 1. The predicted molar refractivity (Wildman–Crippen MR) is 65.9 cm³/mol. The Bertz CT molecular complexity index is 422. The van der Waals surface area contributed by atoms with Gasteiger partial charge in [-0.05, 0) is 44.7 Å². The Morgan fingerprint density at radius 3 is 2.12 bits per heavy atom. The highest BCUT2D eigenvalue weighted by Gasteiger charge is 2.38. The number of nitrogens with one attached hydrogen (secondary N) is 1. The Morgan fingerprint density at radius 2 is 1.69 bits per heavy atom. The molecule has 1 aromatic rings. The van der Waals surface area contributed by atoms with Crippen molar-refractivity contribution in [2.45, 2.75) is 53.4 Å². The zero-order chi connectivity index (χ0) is 11.9. The van der Waals surface area contributed by atoms with Gasteiger partial charge in [0.25, 0.3) is 0 Å². The second-order valence-corrected chi connectivity index (χ2v) is 5.47. The summed E-state index contributed by atoms with van der Waals surface area (Å²) in [5.41, 5.74) is 4.22. The fourth-order valence-corrected chi connectivity index (χ4v) is 2.75. The average molecular weight is 219 g/mol. The van der Waals surface area contributed by atoms with Crippen molar-refractivity contribution in [2.75, 3.05) is 0 Å². The van der Waals surface area contributed by atoms with E-state index in [1.165, 1.54) is 18.4 Å². The highest BCUT2D eigenvalue weighted by Crippen LogP contribution is 2.40. The van der Waals surface area contributed by atoms with Gasteiger partial charge in [-0.3, -0.25) is 4.79 Å². The molecule has 1 saturated carbocycles. The molecule has 0 aliphatic heterocycles. The van der Waals surface area contributed by atoms with E-state index >= 15 is 0 Å². The molecule has 0 aromatic carbocycles. The standard InChI is InChI=1S/C14H21NO/c1-9-10(2)12(15-11(9)3)13(16)14(4)7-5-6-8-14/h15H,5-8H2,1-4H3. The minimum Gasteiger partial charge on any atom is -0.356 e. The maximum Gasteiger partial charge on any atom is 0.185 e. The normalized spacial score (nSPS) is 19.0. The summed E-state index contributed by atoms with van der Waals surface area (Å²) in [7, 11) is 0. The van der Waals surface area contributed by atoms with E-state index in [9.17, 15) is 4.79 Å². The third-order valence-corrected chi connectivity index (χ3v) is 4.29. The summed E-state index contributed by atoms with van der Waals surface area (Å²) in [5.74, 6) is 0.318. The van der Waals surface area contributed by atoms with E-state index in [2.05, 4.69) is 18.8 Å². The summed E-state index contributed by atoms with van der Waals surface area (Å²) >= 11 is 0. The lowest BCUT2D eigenvalue weighted by Gasteiger charge is -2.21. The molecular weight excluding hydrogens is 198 g/mol. The van der Waals surface area contributed by atoms with Crippen LogP contribution in [-0.2, 0) is 0 Å². The van der Waals surface area contributed by atoms with Gasteiger partial charge in [0.2, 0.25) is 0 Å². The number of H-pyrrole nitrogens is 1. The zero-order valence-electron chi connectivity index (χ0n) is 10.7. The molecule has 1 aliphatic carbocycles. The van der Waals surface area contributed by atoms with Crippen LogP contribution in [0.5, 0.6) is 0 Å². The molecule has 1 heterocycles. The molecule has 0 spiro atoms. The van der Waals surface area contributed by atoms with Gasteiger partial charge in [-0.25, -0.2) is 0 Å². The first-order chi connectivity index (χ1) is 7.46. The van der Waals surface area contributed by atoms with Gasteiger partial charge >= 0.3 is 0 Å². The molecule has 1 fully saturated rings. The van der Waals surface area contributed by atoms with E-state index in [0.717, 1.165) is 29.8 Å². The summed E-state index contributed by atoms with van der Waals surface area (Å²) < 4.78 is 0. The van der Waals surface area contributed by atoms with Crippen LogP contribution in [-0.4, -0.2) is 10.8 Å². The maximum absolute atomic E-state index is 12.5. The summed E-state index contributed by atoms with van der Waals surface area (Å²) in [6.07, 6.45) is 4.48. The number of rotatable bonds is 2. The minimum atomic E-state index is -0.117. The Hall–Kier alpha value is -1.05. The molecule has 1 aliphatic rings. The SMILES string of the molecule is Cc1[nH]c(C(=O)C2(C)CCCC2)c(C)c1C. The van der Waals surface area contributed by atoms with Crippen LogP contribution in [0.1, 0.15) is 59.9 Å². The van der Waals surface area contributed by atoms with E-state index < -0.39 is 0 Å². The number of aryl methyl sites for hydroxylation is 1. The van der Waals surface area contributed by atoms with Gasteiger partial charge in [0.1, 0.15) is 0 Å². The summed E-state index contributed by atoms with van der Waals surface area (Å²) in [6.45, 7) is 8.28. The van der Waals surface area contributed by atoms with E-state index in [4.69, 9.17) is 0 Å². The van der Waals surface area contributed by atoms with Gasteiger partial charge in [-0.15, -0.1) is 0 Å². The second kappa shape index (κ2) is 3.76. The zero-order valence-corrected chi connectivity index (χ0v) is 10.7. The highest BCUT2D eigenvalue weighted by molar-refractivity contribution is 6.00. The van der Waals surface area contributed by atoms with Crippen LogP contribution in [0.3, 0.4) is 0 Å². The molecule has 0 unspecified atom stereocenters. The number of aromatic amines is 1. The van der Waals surface area contributed by atoms with Gasteiger partial charge < -0.3 is 4.98 Å². The van der Waals surface area contributed by atoms with Crippen LogP contribution in [0.15, 0.2) is 0 Å². The average Bonchev–Trinajstić information content (AvgIpc) is 2.79. The molecular formula is C14H21NO. The largest absolute Gasteiger partial charge is 0.356 e. The third kappa shape index (κ3) is 1.60. The van der Waals surface area contributed by atoms with Gasteiger partial charge in [0.15, 0.2) is 5.78 Å². The van der Waals surface area contributed by atoms with Gasteiger partial charge in [0, 0.05) is 11.1 Å². The first kappa shape index (κ1) is 11.4. The second-order valence-electron chi connectivity index (χ2n) is 5.47. The van der Waals surface area contributed by atoms with Crippen molar-refractivity contribution in [3.05, 3.63) is 22.5 Å². The molecule has 16 heavy (non-hydrogen) atoms. The molecule has 88 valence electrons. The van der Waals surface area contributed by atoms with Gasteiger partial charge in [-0.2, -0.15) is 0 Å². The highest BCUT2D eigenvalue weighted by atomic mass is 16.1. The van der Waals surface area contributed by atoms with Crippen molar-refractivity contribution < 1.29 is 4.79 Å². The Kier molecular flexibility index (Phi) is 2.69. The van der Waals surface area contributed by atoms with Gasteiger partial charge in [-0.1, -0.05) is 19.8 Å². The van der Waals surface area contributed by atoms with Crippen molar-refractivity contribution in [1.82, 2.24) is 4.98 Å². The number of ketones is 1. The van der Waals surface area contributed by atoms with Crippen LogP contribution in [0.25, 0.3) is 0 Å². The van der Waals surface area contributed by atoms with Crippen molar-refractivity contribution in [1.29, 1.82) is 0 Å². The van der Waals surface area contributed by atoms with Crippen molar-refractivity contribution in [3.63, 3.8) is 0 Å². The van der Waals surface area contributed by atoms with E-state index in [0.29, 0.717) is 5.78 Å².